The second kappa shape index (κ2) is 8.37. The summed E-state index contributed by atoms with van der Waals surface area (Å²) in [4.78, 5) is 10.4. The molecule has 0 heterocycles. The molecular weight excluding hydrogens is 318 g/mol. The van der Waals surface area contributed by atoms with Crippen LogP contribution in [0.5, 0.6) is 0 Å². The molecule has 1 aliphatic carbocycles. The Morgan fingerprint density at radius 1 is 1.43 bits per heavy atom. The van der Waals surface area contributed by atoms with Crippen LogP contribution in [0, 0.1) is 22.0 Å². The number of nitrogens with zero attached hydrogens (tertiary/aromatic N) is 2. The summed E-state index contributed by atoms with van der Waals surface area (Å²) in [6.45, 7) is 6.68. The first kappa shape index (κ1) is 19.5. The van der Waals surface area contributed by atoms with Crippen molar-refractivity contribution in [1.29, 1.82) is 0 Å². The van der Waals surface area contributed by atoms with Gasteiger partial charge in [-0.1, -0.05) is 32.9 Å². The number of nitro groups is 1. The van der Waals surface area contributed by atoms with Crippen LogP contribution in [0.3, 0.4) is 0 Å². The third-order valence-electron chi connectivity index (χ3n) is 3.32. The van der Waals surface area contributed by atoms with Crippen LogP contribution in [0.4, 0.5) is 0 Å². The molecule has 1 atom stereocenters. The summed E-state index contributed by atoms with van der Waals surface area (Å²) in [5, 5.41) is 11.0. The molecule has 0 aromatic rings. The lowest BCUT2D eigenvalue weighted by Crippen LogP contribution is -2.36. The Bertz CT molecular complexity index is 621. The van der Waals surface area contributed by atoms with Crippen molar-refractivity contribution in [2.75, 3.05) is 19.6 Å². The van der Waals surface area contributed by atoms with Gasteiger partial charge in [0, 0.05) is 25.2 Å². The second-order valence-electron chi connectivity index (χ2n) is 6.01. The molecule has 7 nitrogen and oxygen atoms in total. The third-order valence-corrected chi connectivity index (χ3v) is 5.18. The van der Waals surface area contributed by atoms with Crippen molar-refractivity contribution in [2.24, 2.45) is 17.6 Å². The minimum atomic E-state index is -3.80. The van der Waals surface area contributed by atoms with Gasteiger partial charge in [0.2, 0.25) is 10.0 Å². The quantitative estimate of drug-likeness (QED) is 0.535. The highest BCUT2D eigenvalue weighted by molar-refractivity contribution is 7.93. The van der Waals surface area contributed by atoms with Gasteiger partial charge in [-0.25, -0.2) is 8.42 Å². The Morgan fingerprint density at radius 2 is 2.09 bits per heavy atom. The fourth-order valence-electron chi connectivity index (χ4n) is 2.21. The number of allylic oxidation sites excluding steroid dienone is 4. The first-order valence-electron chi connectivity index (χ1n) is 7.64. The molecule has 0 radical (unpaired) electrons. The van der Waals surface area contributed by atoms with Gasteiger partial charge in [0.05, 0.1) is 9.83 Å². The van der Waals surface area contributed by atoms with Gasteiger partial charge in [-0.3, -0.25) is 10.1 Å². The van der Waals surface area contributed by atoms with Crippen LogP contribution in [0.2, 0.25) is 0 Å². The van der Waals surface area contributed by atoms with E-state index in [1.54, 1.807) is 13.0 Å². The number of sulfonamides is 1. The Kier molecular flexibility index (Phi) is 7.11. The van der Waals surface area contributed by atoms with E-state index in [4.69, 9.17) is 5.73 Å². The molecule has 0 bridgehead atoms. The zero-order chi connectivity index (χ0) is 17.6. The minimum absolute atomic E-state index is 0.0284. The van der Waals surface area contributed by atoms with Crippen LogP contribution in [0.25, 0.3) is 0 Å². The molecule has 2 N–H and O–H groups in total. The van der Waals surface area contributed by atoms with Crippen molar-refractivity contribution in [1.82, 2.24) is 4.31 Å². The van der Waals surface area contributed by atoms with Gasteiger partial charge < -0.3 is 5.73 Å². The van der Waals surface area contributed by atoms with Crippen molar-refractivity contribution >= 4 is 10.0 Å². The maximum atomic E-state index is 12.9. The van der Waals surface area contributed by atoms with E-state index >= 15 is 0 Å². The molecular formula is C15H25N3O4S. The number of rotatable bonds is 8. The fraction of sp³-hybridized carbons (Fsp3) is 0.600. The highest BCUT2D eigenvalue weighted by Crippen LogP contribution is 2.23. The molecule has 1 rings (SSSR count). The van der Waals surface area contributed by atoms with Gasteiger partial charge in [0.25, 0.3) is 5.70 Å². The van der Waals surface area contributed by atoms with Gasteiger partial charge in [-0.15, -0.1) is 0 Å². The molecule has 0 saturated carbocycles. The maximum absolute atomic E-state index is 12.9. The Labute approximate surface area is 137 Å². The van der Waals surface area contributed by atoms with Crippen molar-refractivity contribution in [2.45, 2.75) is 27.2 Å². The lowest BCUT2D eigenvalue weighted by atomic mass is 10.2. The van der Waals surface area contributed by atoms with E-state index < -0.39 is 14.9 Å². The number of hydrogen-bond acceptors (Lipinski definition) is 5. The normalized spacial score (nSPS) is 18.8. The second-order valence-corrected chi connectivity index (χ2v) is 7.95. The summed E-state index contributed by atoms with van der Waals surface area (Å²) in [5.74, 6) is -0.0627. The van der Waals surface area contributed by atoms with Crippen LogP contribution < -0.4 is 5.73 Å². The molecule has 0 saturated heterocycles. The topological polar surface area (TPSA) is 107 Å². The summed E-state index contributed by atoms with van der Waals surface area (Å²) in [6.07, 6.45) is 6.17. The molecule has 0 fully saturated rings. The number of nitrogens with two attached hydrogens (primary N) is 1. The maximum Gasteiger partial charge on any atom is 0.270 e. The summed E-state index contributed by atoms with van der Waals surface area (Å²) < 4.78 is 27.2. The molecule has 0 aliphatic heterocycles. The highest BCUT2D eigenvalue weighted by Gasteiger charge is 2.28. The molecule has 130 valence electrons. The third kappa shape index (κ3) is 5.56. The van der Waals surface area contributed by atoms with E-state index in [1.165, 1.54) is 16.5 Å². The fourth-order valence-corrected chi connectivity index (χ4v) is 4.03. The molecule has 1 unspecified atom stereocenters. The monoisotopic (exact) mass is 343 g/mol. The van der Waals surface area contributed by atoms with Gasteiger partial charge in [-0.05, 0) is 24.8 Å². The Hall–Kier alpha value is -1.51. The summed E-state index contributed by atoms with van der Waals surface area (Å²) >= 11 is 0. The first-order chi connectivity index (χ1) is 10.7. The molecule has 8 heteroatoms. The van der Waals surface area contributed by atoms with E-state index in [-0.39, 0.29) is 22.4 Å². The van der Waals surface area contributed by atoms with E-state index in [1.807, 2.05) is 13.8 Å². The van der Waals surface area contributed by atoms with Gasteiger partial charge in [0.15, 0.2) is 0 Å². The molecule has 1 aliphatic rings. The standard InChI is InChI=1S/C15H25N3O4S/c1-12(2)11-17(8-4-7-16)23(21,22)15-9-13(3)5-6-14(10-15)18(19)20/h5-6,9-10,12-13H,4,7-8,11,16H2,1-3H3. The zero-order valence-corrected chi connectivity index (χ0v) is 14.6. The Morgan fingerprint density at radius 3 is 2.61 bits per heavy atom. The largest absolute Gasteiger partial charge is 0.330 e. The van der Waals surface area contributed by atoms with Crippen molar-refractivity contribution in [3.8, 4) is 0 Å². The smallest absolute Gasteiger partial charge is 0.270 e. The average molecular weight is 343 g/mol. The van der Waals surface area contributed by atoms with Crippen LogP contribution in [0.15, 0.2) is 34.9 Å². The van der Waals surface area contributed by atoms with E-state index in [9.17, 15) is 18.5 Å². The van der Waals surface area contributed by atoms with Gasteiger partial charge in [0.1, 0.15) is 0 Å². The van der Waals surface area contributed by atoms with Crippen molar-refractivity contribution in [3.05, 3.63) is 45.0 Å². The van der Waals surface area contributed by atoms with Crippen LogP contribution >= 0.6 is 0 Å². The summed E-state index contributed by atoms with van der Waals surface area (Å²) in [7, 11) is -3.80. The van der Waals surface area contributed by atoms with Gasteiger partial charge >= 0.3 is 0 Å². The van der Waals surface area contributed by atoms with E-state index in [0.717, 1.165) is 6.08 Å². The van der Waals surface area contributed by atoms with Crippen molar-refractivity contribution < 1.29 is 13.3 Å². The predicted molar refractivity (Wildman–Crippen MR) is 90.5 cm³/mol. The molecule has 23 heavy (non-hydrogen) atoms. The summed E-state index contributed by atoms with van der Waals surface area (Å²) in [5.41, 5.74) is 5.26. The number of hydrogen-bond donors (Lipinski definition) is 1. The lowest BCUT2D eigenvalue weighted by Gasteiger charge is -2.24. The van der Waals surface area contributed by atoms with Crippen LogP contribution in [0.1, 0.15) is 27.2 Å². The average Bonchev–Trinajstić information content (AvgIpc) is 2.65. The van der Waals surface area contributed by atoms with Gasteiger partial charge in [-0.2, -0.15) is 4.31 Å². The Balaban J connectivity index is 3.25. The lowest BCUT2D eigenvalue weighted by molar-refractivity contribution is -0.419. The molecule has 0 aromatic carbocycles. The predicted octanol–water partition coefficient (Wildman–Crippen LogP) is 1.87. The SMILES string of the molecule is CC1C=CC([N+](=O)[O-])=CC(S(=O)(=O)N(CCCN)CC(C)C)=C1. The van der Waals surface area contributed by atoms with E-state index in [2.05, 4.69) is 0 Å². The van der Waals surface area contributed by atoms with E-state index in [0.29, 0.717) is 26.1 Å². The summed E-state index contributed by atoms with van der Waals surface area (Å²) in [6, 6.07) is 0. The minimum Gasteiger partial charge on any atom is -0.330 e. The zero-order valence-electron chi connectivity index (χ0n) is 13.8. The molecule has 0 spiro atoms. The van der Waals surface area contributed by atoms with Crippen LogP contribution in [-0.2, 0) is 10.0 Å². The highest BCUT2D eigenvalue weighted by atomic mass is 32.2. The molecule has 0 aromatic heterocycles. The van der Waals surface area contributed by atoms with Crippen molar-refractivity contribution in [3.63, 3.8) is 0 Å². The molecule has 0 amide bonds. The van der Waals surface area contributed by atoms with Crippen LogP contribution in [-0.4, -0.2) is 37.3 Å². The first-order valence-corrected chi connectivity index (χ1v) is 9.08.